The van der Waals surface area contributed by atoms with E-state index in [1.54, 1.807) is 13.8 Å². The molecule has 0 aliphatic rings. The number of furan rings is 1. The summed E-state index contributed by atoms with van der Waals surface area (Å²) < 4.78 is 5.67. The summed E-state index contributed by atoms with van der Waals surface area (Å²) in [7, 11) is 0. The maximum Gasteiger partial charge on any atom is 0.251 e. The van der Waals surface area contributed by atoms with Gasteiger partial charge in [-0.3, -0.25) is 9.59 Å². The summed E-state index contributed by atoms with van der Waals surface area (Å²) in [5.41, 5.74) is 1.20. The third-order valence-electron chi connectivity index (χ3n) is 3.42. The molecule has 6 nitrogen and oxygen atoms in total. The molecule has 1 atom stereocenters. The Kier molecular flexibility index (Phi) is 4.71. The lowest BCUT2D eigenvalue weighted by atomic mass is 10.2. The Morgan fingerprint density at radius 2 is 2.17 bits per heavy atom. The minimum absolute atomic E-state index is 0.149. The number of aryl methyl sites for hydroxylation is 1. The average Bonchev–Trinajstić information content (AvgIpc) is 2.94. The number of aromatic amines is 1. The molecule has 3 aromatic rings. The molecular weight excluding hydrogens is 326 g/mol. The smallest absolute Gasteiger partial charge is 0.251 e. The Morgan fingerprint density at radius 1 is 1.38 bits per heavy atom. The predicted octanol–water partition coefficient (Wildman–Crippen LogP) is 2.62. The number of amides is 1. The Labute approximate surface area is 142 Å². The van der Waals surface area contributed by atoms with Crippen molar-refractivity contribution in [3.63, 3.8) is 0 Å². The van der Waals surface area contributed by atoms with Crippen LogP contribution in [0.25, 0.3) is 11.0 Å². The molecule has 0 unspecified atom stereocenters. The molecule has 124 valence electrons. The number of H-pyrrole nitrogens is 1. The van der Waals surface area contributed by atoms with Crippen molar-refractivity contribution in [2.24, 2.45) is 0 Å². The van der Waals surface area contributed by atoms with E-state index in [1.807, 2.05) is 30.3 Å². The Bertz CT molecular complexity index is 899. The predicted molar refractivity (Wildman–Crippen MR) is 93.0 cm³/mol. The first kappa shape index (κ1) is 16.3. The summed E-state index contributed by atoms with van der Waals surface area (Å²) in [4.78, 5) is 30.5. The first-order valence-electron chi connectivity index (χ1n) is 7.51. The minimum Gasteiger partial charge on any atom is -0.459 e. The quantitative estimate of drug-likeness (QED) is 0.549. The molecule has 2 heterocycles. The summed E-state index contributed by atoms with van der Waals surface area (Å²) in [6.45, 7) is 3.82. The van der Waals surface area contributed by atoms with Gasteiger partial charge in [0.15, 0.2) is 5.16 Å². The van der Waals surface area contributed by atoms with E-state index in [4.69, 9.17) is 4.42 Å². The van der Waals surface area contributed by atoms with Gasteiger partial charge in [0, 0.05) is 17.1 Å². The van der Waals surface area contributed by atoms with Crippen LogP contribution in [0.15, 0.2) is 50.8 Å². The molecule has 0 spiro atoms. The zero-order valence-electron chi connectivity index (χ0n) is 13.3. The molecule has 1 amide bonds. The van der Waals surface area contributed by atoms with E-state index >= 15 is 0 Å². The van der Waals surface area contributed by atoms with Crippen molar-refractivity contribution in [3.05, 3.63) is 58.2 Å². The number of nitrogens with one attached hydrogen (secondary N) is 2. The molecule has 0 radical (unpaired) electrons. The topological polar surface area (TPSA) is 88.0 Å². The van der Waals surface area contributed by atoms with E-state index in [9.17, 15) is 9.59 Å². The van der Waals surface area contributed by atoms with Crippen molar-refractivity contribution in [2.75, 3.05) is 0 Å². The number of hydrogen-bond donors (Lipinski definition) is 2. The fraction of sp³-hybridized carbons (Fsp3) is 0.235. The van der Waals surface area contributed by atoms with Gasteiger partial charge in [-0.15, -0.1) is 0 Å². The molecule has 0 bridgehead atoms. The molecule has 0 saturated carbocycles. The van der Waals surface area contributed by atoms with Crippen LogP contribution >= 0.6 is 11.8 Å². The van der Waals surface area contributed by atoms with Crippen LogP contribution in [0.3, 0.4) is 0 Å². The normalized spacial score (nSPS) is 12.2. The molecule has 3 rings (SSSR count). The summed E-state index contributed by atoms with van der Waals surface area (Å²) >= 11 is 1.21. The fourth-order valence-corrected chi connectivity index (χ4v) is 3.15. The van der Waals surface area contributed by atoms with E-state index in [-0.39, 0.29) is 16.7 Å². The van der Waals surface area contributed by atoms with Gasteiger partial charge in [-0.1, -0.05) is 30.0 Å². The van der Waals surface area contributed by atoms with Gasteiger partial charge in [0.05, 0.1) is 11.8 Å². The van der Waals surface area contributed by atoms with Gasteiger partial charge in [-0.05, 0) is 26.0 Å². The maximum atomic E-state index is 12.2. The number of carbonyl (C=O) groups is 1. The highest BCUT2D eigenvalue weighted by Crippen LogP contribution is 2.20. The Balaban J connectivity index is 1.60. The average molecular weight is 343 g/mol. The number of rotatable bonds is 5. The third kappa shape index (κ3) is 3.86. The van der Waals surface area contributed by atoms with Crippen LogP contribution in [0.2, 0.25) is 0 Å². The highest BCUT2D eigenvalue weighted by molar-refractivity contribution is 8.00. The molecule has 2 N–H and O–H groups in total. The molecule has 0 aliphatic heterocycles. The number of nitrogens with zero attached hydrogens (tertiary/aromatic N) is 1. The molecule has 0 saturated heterocycles. The van der Waals surface area contributed by atoms with Gasteiger partial charge in [0.1, 0.15) is 11.3 Å². The summed E-state index contributed by atoms with van der Waals surface area (Å²) in [6.07, 6.45) is 0. The number of fused-ring (bicyclic) bond motifs is 1. The first-order valence-corrected chi connectivity index (χ1v) is 8.39. The van der Waals surface area contributed by atoms with Crippen molar-refractivity contribution in [1.29, 1.82) is 0 Å². The number of para-hydroxylation sites is 1. The second-order valence-corrected chi connectivity index (χ2v) is 6.75. The van der Waals surface area contributed by atoms with Crippen LogP contribution in [0, 0.1) is 6.92 Å². The lowest BCUT2D eigenvalue weighted by Gasteiger charge is -2.10. The highest BCUT2D eigenvalue weighted by Gasteiger charge is 2.16. The van der Waals surface area contributed by atoms with Crippen LogP contribution in [-0.4, -0.2) is 21.1 Å². The Morgan fingerprint density at radius 3 is 2.92 bits per heavy atom. The molecule has 7 heteroatoms. The zero-order chi connectivity index (χ0) is 17.1. The number of hydrogen-bond acceptors (Lipinski definition) is 5. The summed E-state index contributed by atoms with van der Waals surface area (Å²) in [5, 5.41) is 3.89. The monoisotopic (exact) mass is 343 g/mol. The van der Waals surface area contributed by atoms with E-state index in [0.717, 1.165) is 11.0 Å². The molecule has 2 aromatic heterocycles. The molecule has 0 fully saturated rings. The minimum atomic E-state index is -0.390. The van der Waals surface area contributed by atoms with Crippen molar-refractivity contribution >= 4 is 28.6 Å². The molecular formula is C17H17N3O3S. The highest BCUT2D eigenvalue weighted by atomic mass is 32.2. The van der Waals surface area contributed by atoms with Gasteiger partial charge in [-0.2, -0.15) is 0 Å². The fourth-order valence-electron chi connectivity index (χ4n) is 2.27. The van der Waals surface area contributed by atoms with Crippen molar-refractivity contribution < 1.29 is 9.21 Å². The van der Waals surface area contributed by atoms with E-state index in [2.05, 4.69) is 15.3 Å². The summed E-state index contributed by atoms with van der Waals surface area (Å²) in [6, 6.07) is 11.0. The lowest BCUT2D eigenvalue weighted by Crippen LogP contribution is -2.30. The molecule has 24 heavy (non-hydrogen) atoms. The van der Waals surface area contributed by atoms with E-state index in [0.29, 0.717) is 23.2 Å². The first-order chi connectivity index (χ1) is 11.5. The van der Waals surface area contributed by atoms with Gasteiger partial charge in [-0.25, -0.2) is 4.98 Å². The summed E-state index contributed by atoms with van der Waals surface area (Å²) in [5.74, 6) is 0.549. The lowest BCUT2D eigenvalue weighted by molar-refractivity contribution is -0.120. The Hall–Kier alpha value is -2.54. The molecule has 1 aromatic carbocycles. The third-order valence-corrected chi connectivity index (χ3v) is 4.40. The number of carbonyl (C=O) groups excluding carboxylic acids is 1. The zero-order valence-corrected chi connectivity index (χ0v) is 14.1. The molecule has 0 aliphatic carbocycles. The van der Waals surface area contributed by atoms with Crippen LogP contribution in [-0.2, 0) is 11.3 Å². The number of benzene rings is 1. The van der Waals surface area contributed by atoms with E-state index in [1.165, 1.54) is 17.8 Å². The van der Waals surface area contributed by atoms with Gasteiger partial charge in [0.2, 0.25) is 5.91 Å². The SMILES string of the molecule is Cc1cc(=O)[nH]c(S[C@H](C)C(=O)NCc2cc3ccccc3o2)n1. The largest absolute Gasteiger partial charge is 0.459 e. The number of thioether (sulfide) groups is 1. The maximum absolute atomic E-state index is 12.2. The second kappa shape index (κ2) is 6.92. The van der Waals surface area contributed by atoms with Crippen molar-refractivity contribution in [1.82, 2.24) is 15.3 Å². The van der Waals surface area contributed by atoms with Crippen LogP contribution < -0.4 is 10.9 Å². The van der Waals surface area contributed by atoms with Gasteiger partial charge < -0.3 is 14.7 Å². The van der Waals surface area contributed by atoms with Crippen LogP contribution in [0.4, 0.5) is 0 Å². The van der Waals surface area contributed by atoms with Crippen molar-refractivity contribution in [3.8, 4) is 0 Å². The number of aromatic nitrogens is 2. The van der Waals surface area contributed by atoms with Crippen LogP contribution in [0.1, 0.15) is 18.4 Å². The van der Waals surface area contributed by atoms with Gasteiger partial charge in [0.25, 0.3) is 5.56 Å². The standard InChI is InChI=1S/C17H17N3O3S/c1-10-7-15(21)20-17(19-10)24-11(2)16(22)18-9-13-8-12-5-3-4-6-14(12)23-13/h3-8,11H,9H2,1-2H3,(H,18,22)(H,19,20,21)/t11-/m1/s1. The van der Waals surface area contributed by atoms with Crippen LogP contribution in [0.5, 0.6) is 0 Å². The van der Waals surface area contributed by atoms with Crippen molar-refractivity contribution in [2.45, 2.75) is 30.8 Å². The van der Waals surface area contributed by atoms with E-state index < -0.39 is 0 Å². The van der Waals surface area contributed by atoms with Gasteiger partial charge >= 0.3 is 0 Å². The second-order valence-electron chi connectivity index (χ2n) is 5.42.